The number of aromatic nitrogens is 1. The van der Waals surface area contributed by atoms with Crippen molar-refractivity contribution >= 4 is 51.6 Å². The molecule has 128 valence electrons. The highest BCUT2D eigenvalue weighted by Crippen LogP contribution is 2.27. The van der Waals surface area contributed by atoms with Gasteiger partial charge >= 0.3 is 0 Å². The standard InChI is InChI=1S/C18H15ClN2O2S2/c1-12-4-2-8-21(11-12)16(17(22)14-6-7-15(19)25-14)18(24)20-10-13-5-3-9-23-13/h2-9,11H,10H2,1H3,(H-,20,22,24). The Bertz CT molecular complexity index is 917. The molecule has 0 aliphatic rings. The van der Waals surface area contributed by atoms with Crippen molar-refractivity contribution in [3.05, 3.63) is 75.6 Å². The molecule has 0 unspecified atom stereocenters. The van der Waals surface area contributed by atoms with Crippen LogP contribution >= 0.6 is 35.2 Å². The molecule has 25 heavy (non-hydrogen) atoms. The highest BCUT2D eigenvalue weighted by atomic mass is 35.5. The zero-order chi connectivity index (χ0) is 17.8. The van der Waals surface area contributed by atoms with E-state index in [-0.39, 0.29) is 5.76 Å². The molecule has 3 aromatic rings. The van der Waals surface area contributed by atoms with Crippen LogP contribution in [0.4, 0.5) is 0 Å². The number of rotatable bonds is 5. The third-order valence-corrected chi connectivity index (χ3v) is 5.00. The Morgan fingerprint density at radius 1 is 1.32 bits per heavy atom. The summed E-state index contributed by atoms with van der Waals surface area (Å²) in [7, 11) is 0. The molecule has 0 aliphatic heterocycles. The lowest BCUT2D eigenvalue weighted by atomic mass is 10.2. The first kappa shape index (κ1) is 17.7. The fourth-order valence-corrected chi connectivity index (χ4v) is 3.54. The monoisotopic (exact) mass is 390 g/mol. The number of nitrogens with one attached hydrogen (secondary N) is 1. The largest absolute Gasteiger partial charge is 0.867 e. The minimum Gasteiger partial charge on any atom is -0.867 e. The molecule has 0 aromatic carbocycles. The summed E-state index contributed by atoms with van der Waals surface area (Å²) in [5, 5.41) is 16.1. The van der Waals surface area contributed by atoms with Crippen LogP contribution in [0.1, 0.15) is 16.2 Å². The summed E-state index contributed by atoms with van der Waals surface area (Å²) in [6.07, 6.45) is 5.26. The lowest BCUT2D eigenvalue weighted by Gasteiger charge is -2.15. The Kier molecular flexibility index (Phi) is 5.53. The van der Waals surface area contributed by atoms with Crippen LogP contribution in [0.25, 0.3) is 11.5 Å². The summed E-state index contributed by atoms with van der Waals surface area (Å²) < 4.78 is 7.60. The zero-order valence-corrected chi connectivity index (χ0v) is 15.8. The van der Waals surface area contributed by atoms with Crippen LogP contribution in [0.2, 0.25) is 4.34 Å². The Morgan fingerprint density at radius 2 is 2.16 bits per heavy atom. The van der Waals surface area contributed by atoms with E-state index in [9.17, 15) is 5.11 Å². The van der Waals surface area contributed by atoms with E-state index < -0.39 is 0 Å². The van der Waals surface area contributed by atoms with Crippen LogP contribution in [-0.2, 0) is 6.54 Å². The molecule has 3 heterocycles. The van der Waals surface area contributed by atoms with Crippen molar-refractivity contribution in [2.75, 3.05) is 0 Å². The van der Waals surface area contributed by atoms with Crippen LogP contribution in [0.5, 0.6) is 0 Å². The summed E-state index contributed by atoms with van der Waals surface area (Å²) in [5.74, 6) is 0.562. The van der Waals surface area contributed by atoms with E-state index >= 15 is 0 Å². The number of halogens is 1. The summed E-state index contributed by atoms with van der Waals surface area (Å²) in [4.78, 5) is 0.887. The van der Waals surface area contributed by atoms with E-state index in [2.05, 4.69) is 5.32 Å². The van der Waals surface area contributed by atoms with Gasteiger partial charge in [0.1, 0.15) is 5.76 Å². The third kappa shape index (κ3) is 4.28. The van der Waals surface area contributed by atoms with Gasteiger partial charge in [-0.1, -0.05) is 23.8 Å². The fourth-order valence-electron chi connectivity index (χ4n) is 2.29. The van der Waals surface area contributed by atoms with Gasteiger partial charge in [0.05, 0.1) is 17.1 Å². The maximum atomic E-state index is 13.0. The van der Waals surface area contributed by atoms with E-state index in [4.69, 9.17) is 28.2 Å². The van der Waals surface area contributed by atoms with Crippen LogP contribution in [-0.4, -0.2) is 4.99 Å². The quantitative estimate of drug-likeness (QED) is 0.314. The van der Waals surface area contributed by atoms with Gasteiger partial charge in [-0.3, -0.25) is 0 Å². The molecule has 0 fully saturated rings. The number of furan rings is 1. The molecule has 0 bridgehead atoms. The average Bonchev–Trinajstić information content (AvgIpc) is 3.24. The lowest BCUT2D eigenvalue weighted by Crippen LogP contribution is -2.42. The van der Waals surface area contributed by atoms with Gasteiger partial charge in [-0.25, -0.2) is 0 Å². The number of pyridine rings is 1. The highest BCUT2D eigenvalue weighted by molar-refractivity contribution is 7.81. The van der Waals surface area contributed by atoms with Gasteiger partial charge in [0, 0.05) is 16.5 Å². The molecule has 0 spiro atoms. The van der Waals surface area contributed by atoms with Gasteiger partial charge in [-0.15, -0.1) is 11.3 Å². The van der Waals surface area contributed by atoms with Gasteiger partial charge in [0.15, 0.2) is 17.4 Å². The number of hydrogen-bond acceptors (Lipinski definition) is 4. The molecule has 0 saturated heterocycles. The summed E-state index contributed by atoms with van der Waals surface area (Å²) in [5.41, 5.74) is 1.40. The van der Waals surface area contributed by atoms with E-state index in [1.807, 2.05) is 31.3 Å². The molecule has 0 radical (unpaired) electrons. The topological polar surface area (TPSA) is 52.1 Å². The second kappa shape index (κ2) is 7.82. The van der Waals surface area contributed by atoms with Crippen LogP contribution in [0.3, 0.4) is 0 Å². The van der Waals surface area contributed by atoms with Gasteiger partial charge in [-0.05, 0) is 43.0 Å². The average molecular weight is 391 g/mol. The molecule has 0 aliphatic carbocycles. The smallest absolute Gasteiger partial charge is 0.238 e. The van der Waals surface area contributed by atoms with Gasteiger partial charge in [-0.2, -0.15) is 4.57 Å². The Balaban J connectivity index is 1.98. The first-order valence-corrected chi connectivity index (χ1v) is 9.11. The van der Waals surface area contributed by atoms with Crippen LogP contribution < -0.4 is 15.0 Å². The zero-order valence-electron chi connectivity index (χ0n) is 13.4. The molecule has 0 saturated carbocycles. The second-order valence-corrected chi connectivity index (χ2v) is 7.46. The molecule has 0 amide bonds. The van der Waals surface area contributed by atoms with Crippen molar-refractivity contribution in [3.8, 4) is 0 Å². The van der Waals surface area contributed by atoms with Crippen molar-refractivity contribution < 1.29 is 14.1 Å². The maximum absolute atomic E-state index is 13.0. The van der Waals surface area contributed by atoms with Crippen molar-refractivity contribution in [2.45, 2.75) is 13.5 Å². The predicted octanol–water partition coefficient (Wildman–Crippen LogP) is 3.39. The normalized spacial score (nSPS) is 11.9. The van der Waals surface area contributed by atoms with E-state index in [0.717, 1.165) is 11.3 Å². The number of aryl methyl sites for hydroxylation is 1. The molecular formula is C18H15ClN2O2S2. The molecule has 0 atom stereocenters. The fraction of sp³-hybridized carbons (Fsp3) is 0.111. The van der Waals surface area contributed by atoms with Crippen molar-refractivity contribution in [2.24, 2.45) is 0 Å². The molecule has 7 heteroatoms. The van der Waals surface area contributed by atoms with Crippen molar-refractivity contribution in [1.29, 1.82) is 0 Å². The minimum absolute atomic E-state index is 0.176. The summed E-state index contributed by atoms with van der Waals surface area (Å²) >= 11 is 12.7. The number of thiocarbonyl (C=S) groups is 1. The van der Waals surface area contributed by atoms with E-state index in [0.29, 0.717) is 26.4 Å². The number of hydrogen-bond donors (Lipinski definition) is 1. The molecule has 1 N–H and O–H groups in total. The first-order chi connectivity index (χ1) is 12.0. The summed E-state index contributed by atoms with van der Waals surface area (Å²) in [6.45, 7) is 2.36. The first-order valence-electron chi connectivity index (χ1n) is 7.50. The van der Waals surface area contributed by atoms with Gasteiger partial charge in [0.25, 0.3) is 0 Å². The highest BCUT2D eigenvalue weighted by Gasteiger charge is 2.19. The predicted molar refractivity (Wildman–Crippen MR) is 102 cm³/mol. The van der Waals surface area contributed by atoms with Crippen LogP contribution in [0.15, 0.2) is 59.5 Å². The Morgan fingerprint density at radius 3 is 2.80 bits per heavy atom. The second-order valence-electron chi connectivity index (χ2n) is 5.33. The maximum Gasteiger partial charge on any atom is 0.238 e. The van der Waals surface area contributed by atoms with Crippen molar-refractivity contribution in [3.63, 3.8) is 0 Å². The molecule has 3 aromatic heterocycles. The van der Waals surface area contributed by atoms with Gasteiger partial charge < -0.3 is 14.8 Å². The summed E-state index contributed by atoms with van der Waals surface area (Å²) in [6, 6.07) is 10.9. The van der Waals surface area contributed by atoms with E-state index in [1.165, 1.54) is 11.3 Å². The third-order valence-electron chi connectivity index (χ3n) is 3.44. The molecule has 4 nitrogen and oxygen atoms in total. The Labute approximate surface area is 160 Å². The van der Waals surface area contributed by atoms with E-state index in [1.54, 1.807) is 35.2 Å². The van der Waals surface area contributed by atoms with Crippen LogP contribution in [0, 0.1) is 6.92 Å². The number of thiophene rings is 1. The molecular weight excluding hydrogens is 376 g/mol. The Hall–Kier alpha value is -2.15. The SMILES string of the molecule is Cc1ccc[n+](/C(C(=S)NCc2ccco2)=C(/[O-])c2ccc(Cl)s2)c1. The number of nitrogens with zero attached hydrogens (tertiary/aromatic N) is 1. The van der Waals surface area contributed by atoms with Crippen molar-refractivity contribution in [1.82, 2.24) is 5.32 Å². The molecule has 3 rings (SSSR count). The van der Waals surface area contributed by atoms with Gasteiger partial charge in [0.2, 0.25) is 5.70 Å². The minimum atomic E-state index is -0.176. The lowest BCUT2D eigenvalue weighted by molar-refractivity contribution is -0.578.